The first-order valence-electron chi connectivity index (χ1n) is 6.97. The van der Waals surface area contributed by atoms with Gasteiger partial charge in [0.1, 0.15) is 6.17 Å². The van der Waals surface area contributed by atoms with Crippen LogP contribution in [0.4, 0.5) is 4.39 Å². The van der Waals surface area contributed by atoms with Gasteiger partial charge < -0.3 is 4.65 Å². The van der Waals surface area contributed by atoms with Gasteiger partial charge in [0.25, 0.3) is 8.05 Å². The fourth-order valence-electron chi connectivity index (χ4n) is 1.73. The van der Waals surface area contributed by atoms with Crippen molar-refractivity contribution in [1.82, 2.24) is 0 Å². The molecule has 0 N–H and O–H groups in total. The normalized spacial score (nSPS) is 15.1. The minimum Gasteiger partial charge on any atom is -0.442 e. The molecule has 0 bridgehead atoms. The summed E-state index contributed by atoms with van der Waals surface area (Å²) < 4.78 is 18.2. The van der Waals surface area contributed by atoms with Gasteiger partial charge in [-0.3, -0.25) is 4.99 Å². The highest BCUT2D eigenvalue weighted by Crippen LogP contribution is 2.08. The predicted octanol–water partition coefficient (Wildman–Crippen LogP) is 3.32. The van der Waals surface area contributed by atoms with Crippen molar-refractivity contribution in [3.8, 4) is 0 Å². The third-order valence-electron chi connectivity index (χ3n) is 2.74. The summed E-state index contributed by atoms with van der Waals surface area (Å²) in [7, 11) is 1.56. The molecule has 0 rings (SSSR count). The van der Waals surface area contributed by atoms with E-state index in [1.54, 1.807) is 8.05 Å². The molecule has 0 heterocycles. The third-order valence-corrected chi connectivity index (χ3v) is 3.04. The van der Waals surface area contributed by atoms with Gasteiger partial charge >= 0.3 is 0 Å². The van der Waals surface area contributed by atoms with Crippen LogP contribution in [0.5, 0.6) is 0 Å². The van der Waals surface area contributed by atoms with Crippen molar-refractivity contribution >= 4 is 25.9 Å². The van der Waals surface area contributed by atoms with Gasteiger partial charge in [-0.2, -0.15) is 0 Å². The van der Waals surface area contributed by atoms with E-state index in [0.29, 0.717) is 6.61 Å². The minimum absolute atomic E-state index is 0.273. The molecule has 0 amide bonds. The highest BCUT2D eigenvalue weighted by Gasteiger charge is 2.10. The molecular formula is C13H26BClFNO. The molecule has 5 heteroatoms. The quantitative estimate of drug-likeness (QED) is 0.232. The Morgan fingerprint density at radius 1 is 1.28 bits per heavy atom. The minimum atomic E-state index is -1.05. The Bertz CT molecular complexity index is 207. The van der Waals surface area contributed by atoms with Gasteiger partial charge in [0.15, 0.2) is 0 Å². The molecule has 0 aromatic heterocycles. The monoisotopic (exact) mass is 277 g/mol. The van der Waals surface area contributed by atoms with Crippen LogP contribution < -0.4 is 0 Å². The van der Waals surface area contributed by atoms with E-state index in [-0.39, 0.29) is 11.8 Å². The van der Waals surface area contributed by atoms with Crippen molar-refractivity contribution in [2.75, 3.05) is 13.2 Å². The average molecular weight is 278 g/mol. The number of aliphatic imine (C=N–C) groups is 1. The molecule has 18 heavy (non-hydrogen) atoms. The molecule has 2 nitrogen and oxygen atoms in total. The Labute approximate surface area is 117 Å². The van der Waals surface area contributed by atoms with Gasteiger partial charge in [-0.15, -0.1) is 11.6 Å². The Balaban J connectivity index is 3.39. The van der Waals surface area contributed by atoms with Crippen molar-refractivity contribution in [2.45, 2.75) is 63.4 Å². The van der Waals surface area contributed by atoms with Crippen LogP contribution in [0.1, 0.15) is 51.9 Å². The lowest BCUT2D eigenvalue weighted by Gasteiger charge is -2.08. The number of rotatable bonds is 12. The molecule has 0 aliphatic rings. The first-order chi connectivity index (χ1) is 8.70. The van der Waals surface area contributed by atoms with Crippen molar-refractivity contribution < 1.29 is 9.04 Å². The van der Waals surface area contributed by atoms with E-state index in [4.69, 9.17) is 16.3 Å². The molecule has 0 unspecified atom stereocenters. The summed E-state index contributed by atoms with van der Waals surface area (Å²) in [6.07, 6.45) is 7.99. The van der Waals surface area contributed by atoms with Crippen LogP contribution in [0, 0.1) is 0 Å². The second kappa shape index (κ2) is 13.3. The zero-order valence-electron chi connectivity index (χ0n) is 11.7. The summed E-state index contributed by atoms with van der Waals surface area (Å²) in [6, 6.07) is 0. The maximum absolute atomic E-state index is 13.4. The number of nitrogens with zero attached hydrogens (tertiary/aromatic N) is 1. The number of hydrogen-bond acceptors (Lipinski definition) is 2. The SMILES string of the molecule is BOC[C@H](Cl)C[C@H](F)/C=N\CCCCCCCC. The van der Waals surface area contributed by atoms with Crippen molar-refractivity contribution in [3.63, 3.8) is 0 Å². The molecule has 106 valence electrons. The second-order valence-electron chi connectivity index (χ2n) is 4.63. The molecule has 0 saturated carbocycles. The third kappa shape index (κ3) is 12.4. The molecule has 0 saturated heterocycles. The Hall–Kier alpha value is -0.0851. The lowest BCUT2D eigenvalue weighted by atomic mass is 10.1. The van der Waals surface area contributed by atoms with Crippen LogP contribution in [0.15, 0.2) is 4.99 Å². The van der Waals surface area contributed by atoms with E-state index in [2.05, 4.69) is 11.9 Å². The van der Waals surface area contributed by atoms with E-state index in [0.717, 1.165) is 13.0 Å². The van der Waals surface area contributed by atoms with Gasteiger partial charge in [0.2, 0.25) is 0 Å². The van der Waals surface area contributed by atoms with E-state index >= 15 is 0 Å². The molecule has 0 aliphatic carbocycles. The first kappa shape index (κ1) is 17.9. The maximum Gasteiger partial charge on any atom is 0.257 e. The number of halogens is 2. The van der Waals surface area contributed by atoms with E-state index < -0.39 is 6.17 Å². The van der Waals surface area contributed by atoms with Gasteiger partial charge in [-0.1, -0.05) is 39.0 Å². The molecule has 2 atom stereocenters. The maximum atomic E-state index is 13.4. The molecule has 0 aliphatic heterocycles. The van der Waals surface area contributed by atoms with Crippen LogP contribution in [-0.4, -0.2) is 39.0 Å². The van der Waals surface area contributed by atoms with Gasteiger partial charge in [0.05, 0.1) is 5.38 Å². The second-order valence-corrected chi connectivity index (χ2v) is 5.24. The summed E-state index contributed by atoms with van der Waals surface area (Å²) >= 11 is 5.86. The van der Waals surface area contributed by atoms with Crippen molar-refractivity contribution in [1.29, 1.82) is 0 Å². The van der Waals surface area contributed by atoms with Crippen molar-refractivity contribution in [2.24, 2.45) is 4.99 Å². The summed E-state index contributed by atoms with van der Waals surface area (Å²) in [5, 5.41) is -0.273. The molecule has 0 aromatic rings. The zero-order chi connectivity index (χ0) is 13.6. The van der Waals surface area contributed by atoms with Crippen LogP contribution >= 0.6 is 11.6 Å². The zero-order valence-corrected chi connectivity index (χ0v) is 12.5. The Kier molecular flexibility index (Phi) is 13.3. The summed E-state index contributed by atoms with van der Waals surface area (Å²) in [4.78, 5) is 4.10. The lowest BCUT2D eigenvalue weighted by Crippen LogP contribution is -2.15. The topological polar surface area (TPSA) is 21.6 Å². The Morgan fingerprint density at radius 3 is 2.61 bits per heavy atom. The van der Waals surface area contributed by atoms with Gasteiger partial charge in [-0.25, -0.2) is 4.39 Å². The predicted molar refractivity (Wildman–Crippen MR) is 80.4 cm³/mol. The largest absolute Gasteiger partial charge is 0.442 e. The molecule has 0 radical (unpaired) electrons. The first-order valence-corrected chi connectivity index (χ1v) is 7.41. The fraction of sp³-hybridized carbons (Fsp3) is 0.923. The van der Waals surface area contributed by atoms with E-state index in [1.807, 2.05) is 0 Å². The van der Waals surface area contributed by atoms with E-state index in [9.17, 15) is 4.39 Å². The highest BCUT2D eigenvalue weighted by molar-refractivity contribution is 6.21. The number of hydrogen-bond donors (Lipinski definition) is 0. The molecular weight excluding hydrogens is 251 g/mol. The molecule has 0 aromatic carbocycles. The molecule has 0 fully saturated rings. The summed E-state index contributed by atoms with van der Waals surface area (Å²) in [5.74, 6) is 0. The van der Waals surface area contributed by atoms with Crippen LogP contribution in [0.3, 0.4) is 0 Å². The van der Waals surface area contributed by atoms with Crippen LogP contribution in [0.2, 0.25) is 0 Å². The summed E-state index contributed by atoms with van der Waals surface area (Å²) in [5.41, 5.74) is 0. The summed E-state index contributed by atoms with van der Waals surface area (Å²) in [6.45, 7) is 3.32. The molecule has 0 spiro atoms. The smallest absolute Gasteiger partial charge is 0.257 e. The fourth-order valence-corrected chi connectivity index (χ4v) is 2.02. The average Bonchev–Trinajstić information content (AvgIpc) is 2.32. The van der Waals surface area contributed by atoms with Crippen molar-refractivity contribution in [3.05, 3.63) is 0 Å². The number of alkyl halides is 2. The lowest BCUT2D eigenvalue weighted by molar-refractivity contribution is 0.313. The van der Waals surface area contributed by atoms with Crippen LogP contribution in [-0.2, 0) is 4.65 Å². The highest BCUT2D eigenvalue weighted by atomic mass is 35.5. The van der Waals surface area contributed by atoms with Gasteiger partial charge in [-0.05, 0) is 6.42 Å². The standard InChI is InChI=1S/C13H26BClFNO/c1-2-3-4-5-6-7-8-17-10-13(16)9-12(15)11-18-14/h10,12-13H,2-9,11,14H2,1H3/b17-10-/t12-,13+/m1/s1. The Morgan fingerprint density at radius 2 is 1.94 bits per heavy atom. The number of unbranched alkanes of at least 4 members (excludes halogenated alkanes) is 5. The van der Waals surface area contributed by atoms with E-state index in [1.165, 1.54) is 38.3 Å². The van der Waals surface area contributed by atoms with Crippen LogP contribution in [0.25, 0.3) is 0 Å². The van der Waals surface area contributed by atoms with Gasteiger partial charge in [0, 0.05) is 25.8 Å².